The molecule has 0 aliphatic carbocycles. The Morgan fingerprint density at radius 2 is 1.89 bits per heavy atom. The highest BCUT2D eigenvalue weighted by molar-refractivity contribution is 5.86. The number of amides is 1. The van der Waals surface area contributed by atoms with Crippen LogP contribution >= 0.6 is 0 Å². The fraction of sp³-hybridized carbons (Fsp3) is 0.667. The summed E-state index contributed by atoms with van der Waals surface area (Å²) in [5, 5.41) is 11.2. The van der Waals surface area contributed by atoms with Crippen molar-refractivity contribution in [2.24, 2.45) is 11.7 Å². The van der Waals surface area contributed by atoms with E-state index in [4.69, 9.17) is 15.6 Å². The van der Waals surface area contributed by atoms with Crippen LogP contribution in [0, 0.1) is 12.5 Å². The lowest BCUT2D eigenvalue weighted by Gasteiger charge is -2.22. The second kappa shape index (κ2) is 8.47. The molecule has 1 radical (unpaired) electrons. The predicted octanol–water partition coefficient (Wildman–Crippen LogP) is 0.0442. The monoisotopic (exact) mass is 273 g/mol. The van der Waals surface area contributed by atoms with E-state index in [0.717, 1.165) is 0 Å². The minimum Gasteiger partial charge on any atom is -0.479 e. The second-order valence-electron chi connectivity index (χ2n) is 4.48. The standard InChI is InChI=1S/C12H21N2O5/c1-7(2)10(14-9(15)5-4-6-13)12(18)19-8(3)11(16)17/h6-8,10H,4-5,13H2,1-3H3,(H,14,15)(H,16,17)/t8-,10-/m0/s1. The lowest BCUT2D eigenvalue weighted by molar-refractivity contribution is -0.165. The zero-order valence-electron chi connectivity index (χ0n) is 11.4. The number of carboxylic acid groups (broad SMARTS) is 1. The summed E-state index contributed by atoms with van der Waals surface area (Å²) in [6.07, 6.45) is -0.679. The number of ether oxygens (including phenoxy) is 1. The molecule has 4 N–H and O–H groups in total. The van der Waals surface area contributed by atoms with Crippen LogP contribution in [0.2, 0.25) is 0 Å². The Kier molecular flexibility index (Phi) is 7.74. The van der Waals surface area contributed by atoms with Gasteiger partial charge in [-0.05, 0) is 19.3 Å². The molecule has 0 aromatic heterocycles. The fourth-order valence-corrected chi connectivity index (χ4v) is 1.26. The van der Waals surface area contributed by atoms with Gasteiger partial charge in [-0.2, -0.15) is 0 Å². The molecule has 0 unspecified atom stereocenters. The van der Waals surface area contributed by atoms with Crippen molar-refractivity contribution in [3.63, 3.8) is 0 Å². The van der Waals surface area contributed by atoms with Crippen LogP contribution in [-0.2, 0) is 19.1 Å². The van der Waals surface area contributed by atoms with Crippen molar-refractivity contribution in [2.75, 3.05) is 0 Å². The van der Waals surface area contributed by atoms with Gasteiger partial charge < -0.3 is 20.9 Å². The van der Waals surface area contributed by atoms with Gasteiger partial charge in [-0.3, -0.25) is 4.79 Å². The number of rotatable bonds is 8. The zero-order chi connectivity index (χ0) is 15.0. The first-order chi connectivity index (χ1) is 8.79. The minimum atomic E-state index is -1.25. The molecule has 0 aromatic rings. The van der Waals surface area contributed by atoms with Crippen molar-refractivity contribution in [1.29, 1.82) is 0 Å². The first kappa shape index (κ1) is 17.4. The average Bonchev–Trinajstić information content (AvgIpc) is 2.32. The van der Waals surface area contributed by atoms with Crippen molar-refractivity contribution in [2.45, 2.75) is 45.8 Å². The third kappa shape index (κ3) is 6.76. The molecule has 0 aliphatic rings. The van der Waals surface area contributed by atoms with Crippen LogP contribution in [0.3, 0.4) is 0 Å². The van der Waals surface area contributed by atoms with Crippen molar-refractivity contribution >= 4 is 17.8 Å². The van der Waals surface area contributed by atoms with Gasteiger partial charge in [-0.15, -0.1) is 0 Å². The van der Waals surface area contributed by atoms with Gasteiger partial charge >= 0.3 is 11.9 Å². The molecule has 0 aliphatic heterocycles. The molecule has 0 heterocycles. The summed E-state index contributed by atoms with van der Waals surface area (Å²) in [7, 11) is 0. The topological polar surface area (TPSA) is 119 Å². The summed E-state index contributed by atoms with van der Waals surface area (Å²) in [5.41, 5.74) is 5.16. The van der Waals surface area contributed by atoms with Crippen molar-refractivity contribution in [3.8, 4) is 0 Å². The zero-order valence-corrected chi connectivity index (χ0v) is 11.4. The number of nitrogens with one attached hydrogen (secondary N) is 1. The molecule has 0 spiro atoms. The van der Waals surface area contributed by atoms with E-state index < -0.39 is 24.1 Å². The molecule has 7 heteroatoms. The van der Waals surface area contributed by atoms with Gasteiger partial charge in [0.1, 0.15) is 6.04 Å². The maximum Gasteiger partial charge on any atom is 0.344 e. The number of carboxylic acids is 1. The number of carbonyl (C=O) groups excluding carboxylic acids is 2. The number of esters is 1. The lowest BCUT2D eigenvalue weighted by Crippen LogP contribution is -2.46. The maximum absolute atomic E-state index is 11.8. The van der Waals surface area contributed by atoms with Gasteiger partial charge in [0.05, 0.1) is 0 Å². The van der Waals surface area contributed by atoms with E-state index in [1.807, 2.05) is 0 Å². The highest BCUT2D eigenvalue weighted by Gasteiger charge is 2.28. The van der Waals surface area contributed by atoms with E-state index in [0.29, 0.717) is 6.42 Å². The van der Waals surface area contributed by atoms with Crippen LogP contribution in [-0.4, -0.2) is 35.1 Å². The summed E-state index contributed by atoms with van der Waals surface area (Å²) in [5.74, 6) is -2.53. The Bertz CT molecular complexity index is 330. The second-order valence-corrected chi connectivity index (χ2v) is 4.48. The largest absolute Gasteiger partial charge is 0.479 e. The lowest BCUT2D eigenvalue weighted by atomic mass is 10.0. The Hall–Kier alpha value is -1.63. The molecule has 109 valence electrons. The highest BCUT2D eigenvalue weighted by atomic mass is 16.6. The minimum absolute atomic E-state index is 0.168. The van der Waals surface area contributed by atoms with E-state index in [9.17, 15) is 14.4 Å². The molecule has 19 heavy (non-hydrogen) atoms. The van der Waals surface area contributed by atoms with E-state index >= 15 is 0 Å². The van der Waals surface area contributed by atoms with Gasteiger partial charge in [-0.25, -0.2) is 9.59 Å². The Labute approximate surface area is 112 Å². The van der Waals surface area contributed by atoms with Crippen LogP contribution in [0.25, 0.3) is 0 Å². The van der Waals surface area contributed by atoms with Crippen LogP contribution in [0.5, 0.6) is 0 Å². The molecule has 0 bridgehead atoms. The molecule has 0 rings (SSSR count). The summed E-state index contributed by atoms with van der Waals surface area (Å²) >= 11 is 0. The molecule has 0 saturated carbocycles. The van der Waals surface area contributed by atoms with E-state index in [2.05, 4.69) is 5.32 Å². The number of nitrogens with two attached hydrogens (primary N) is 1. The molecule has 1 amide bonds. The SMILES string of the molecule is CC(C)[C@H](NC(=O)CC[CH]N)C(=O)O[C@@H](C)C(=O)O. The van der Waals surface area contributed by atoms with E-state index in [1.165, 1.54) is 13.5 Å². The van der Waals surface area contributed by atoms with Crippen LogP contribution in [0.15, 0.2) is 0 Å². The summed E-state index contributed by atoms with van der Waals surface area (Å²) in [6, 6.07) is -0.868. The fourth-order valence-electron chi connectivity index (χ4n) is 1.26. The number of aliphatic carboxylic acids is 1. The molecular weight excluding hydrogens is 252 g/mol. The first-order valence-corrected chi connectivity index (χ1v) is 6.05. The summed E-state index contributed by atoms with van der Waals surface area (Å²) in [4.78, 5) is 33.9. The number of hydrogen-bond acceptors (Lipinski definition) is 5. The molecule has 2 atom stereocenters. The van der Waals surface area contributed by atoms with Crippen molar-refractivity contribution < 1.29 is 24.2 Å². The van der Waals surface area contributed by atoms with Gasteiger partial charge in [0.15, 0.2) is 6.10 Å². The van der Waals surface area contributed by atoms with Crippen molar-refractivity contribution in [1.82, 2.24) is 5.32 Å². The number of carbonyl (C=O) groups is 3. The summed E-state index contributed by atoms with van der Waals surface area (Å²) in [6.45, 7) is 6.07. The van der Waals surface area contributed by atoms with Gasteiger partial charge in [-0.1, -0.05) is 13.8 Å². The number of hydrogen-bond donors (Lipinski definition) is 3. The molecule has 7 nitrogen and oxygen atoms in total. The third-order valence-corrected chi connectivity index (χ3v) is 2.42. The Morgan fingerprint density at radius 1 is 1.32 bits per heavy atom. The molecule has 0 aromatic carbocycles. The predicted molar refractivity (Wildman–Crippen MR) is 67.7 cm³/mol. The first-order valence-electron chi connectivity index (χ1n) is 6.05. The normalized spacial score (nSPS) is 13.7. The van der Waals surface area contributed by atoms with Gasteiger partial charge in [0.2, 0.25) is 5.91 Å². The van der Waals surface area contributed by atoms with Gasteiger partial charge in [0.25, 0.3) is 0 Å². The highest BCUT2D eigenvalue weighted by Crippen LogP contribution is 2.07. The van der Waals surface area contributed by atoms with E-state index in [1.54, 1.807) is 13.8 Å². The molecular formula is C12H21N2O5. The van der Waals surface area contributed by atoms with Crippen molar-refractivity contribution in [3.05, 3.63) is 6.54 Å². The Balaban J connectivity index is 4.51. The smallest absolute Gasteiger partial charge is 0.344 e. The van der Waals surface area contributed by atoms with Gasteiger partial charge in [0, 0.05) is 13.0 Å². The average molecular weight is 273 g/mol. The molecule has 0 saturated heterocycles. The quantitative estimate of drug-likeness (QED) is 0.537. The van der Waals surface area contributed by atoms with Crippen LogP contribution < -0.4 is 11.1 Å². The van der Waals surface area contributed by atoms with E-state index in [-0.39, 0.29) is 18.2 Å². The van der Waals surface area contributed by atoms with Crippen LogP contribution in [0.1, 0.15) is 33.6 Å². The van der Waals surface area contributed by atoms with Crippen LogP contribution in [0.4, 0.5) is 0 Å². The molecule has 0 fully saturated rings. The Morgan fingerprint density at radius 3 is 2.32 bits per heavy atom. The summed E-state index contributed by atoms with van der Waals surface area (Å²) < 4.78 is 4.75. The maximum atomic E-state index is 11.8. The third-order valence-electron chi connectivity index (χ3n) is 2.42.